The van der Waals surface area contributed by atoms with Crippen LogP contribution in [0.25, 0.3) is 33.4 Å². The highest BCUT2D eigenvalue weighted by atomic mass is 16.6. The molecule has 308 valence electrons. The molecule has 8 aromatic rings. The van der Waals surface area contributed by atoms with Crippen LogP contribution in [0.3, 0.4) is 0 Å². The van der Waals surface area contributed by atoms with Gasteiger partial charge >= 0.3 is 0 Å². The van der Waals surface area contributed by atoms with E-state index in [1.54, 1.807) is 0 Å². The Morgan fingerprint density at radius 2 is 1.17 bits per heavy atom. The summed E-state index contributed by atoms with van der Waals surface area (Å²) in [5.41, 5.74) is 18.8. The molecule has 2 aliphatic heterocycles. The van der Waals surface area contributed by atoms with E-state index < -0.39 is 5.41 Å². The highest BCUT2D eigenvalue weighted by Gasteiger charge is 2.54. The van der Waals surface area contributed by atoms with Crippen molar-refractivity contribution in [2.24, 2.45) is 0 Å². The number of ether oxygens (including phenoxy) is 3. The highest BCUT2D eigenvalue weighted by Crippen LogP contribution is 2.67. The summed E-state index contributed by atoms with van der Waals surface area (Å²) in [7, 11) is 0. The maximum absolute atomic E-state index is 7.19. The predicted molar refractivity (Wildman–Crippen MR) is 261 cm³/mol. The number of hydrogen-bond acceptors (Lipinski definition) is 4. The quantitative estimate of drug-likeness (QED) is 0.173. The maximum atomic E-state index is 7.19. The van der Waals surface area contributed by atoms with Crippen LogP contribution in [0.2, 0.25) is 0 Å². The van der Waals surface area contributed by atoms with Gasteiger partial charge in [-0.15, -0.1) is 0 Å². The Labute approximate surface area is 378 Å². The molecule has 0 amide bonds. The zero-order valence-corrected chi connectivity index (χ0v) is 35.4. The van der Waals surface area contributed by atoms with Crippen molar-refractivity contribution in [2.45, 2.75) is 30.3 Å². The number of rotatable bonds is 5. The molecule has 0 fully saturated rings. The maximum Gasteiger partial charge on any atom is 0.194 e. The van der Waals surface area contributed by atoms with Gasteiger partial charge in [0.25, 0.3) is 0 Å². The van der Waals surface area contributed by atoms with Gasteiger partial charge in [-0.1, -0.05) is 158 Å². The summed E-state index contributed by atoms with van der Waals surface area (Å²) in [4.78, 5) is 2.28. The Morgan fingerprint density at radius 1 is 0.508 bits per heavy atom. The van der Waals surface area contributed by atoms with Gasteiger partial charge in [0.15, 0.2) is 23.0 Å². The molecule has 0 radical (unpaired) electrons. The average Bonchev–Trinajstić information content (AvgIpc) is 4.01. The first kappa shape index (κ1) is 36.4. The van der Waals surface area contributed by atoms with Crippen molar-refractivity contribution in [3.05, 3.63) is 251 Å². The molecule has 0 bridgehead atoms. The number of benzene rings is 8. The summed E-state index contributed by atoms with van der Waals surface area (Å²) >= 11 is 0. The van der Waals surface area contributed by atoms with Crippen molar-refractivity contribution in [1.82, 2.24) is 0 Å². The van der Waals surface area contributed by atoms with Crippen LogP contribution in [-0.2, 0) is 5.41 Å². The van der Waals surface area contributed by atoms with Gasteiger partial charge in [0, 0.05) is 28.4 Å². The Kier molecular flexibility index (Phi) is 7.82. The lowest BCUT2D eigenvalue weighted by molar-refractivity contribution is 0.269. The zero-order chi connectivity index (χ0) is 42.6. The summed E-state index contributed by atoms with van der Waals surface area (Å²) in [5.74, 6) is 4.00. The van der Waals surface area contributed by atoms with Crippen LogP contribution in [0.4, 0.5) is 17.1 Å². The second-order valence-corrected chi connectivity index (χ2v) is 17.7. The van der Waals surface area contributed by atoms with Crippen LogP contribution in [0.15, 0.2) is 218 Å². The molecule has 65 heavy (non-hydrogen) atoms. The third-order valence-corrected chi connectivity index (χ3v) is 14.4. The summed E-state index contributed by atoms with van der Waals surface area (Å²) < 4.78 is 20.6. The number of anilines is 3. The minimum absolute atomic E-state index is 0.0253. The number of para-hydroxylation sites is 2. The van der Waals surface area contributed by atoms with Gasteiger partial charge in [-0.3, -0.25) is 0 Å². The van der Waals surface area contributed by atoms with E-state index in [1.165, 1.54) is 55.7 Å². The highest BCUT2D eigenvalue weighted by molar-refractivity contribution is 5.99. The van der Waals surface area contributed by atoms with Gasteiger partial charge in [0.05, 0.1) is 11.1 Å². The molecular weight excluding hydrogens is 795 g/mol. The fourth-order valence-corrected chi connectivity index (χ4v) is 11.6. The molecule has 1 spiro atoms. The first-order chi connectivity index (χ1) is 32.2. The molecular formula is C61H41NO3. The lowest BCUT2D eigenvalue weighted by Crippen LogP contribution is -2.27. The van der Waals surface area contributed by atoms with Crippen LogP contribution in [0.1, 0.15) is 52.1 Å². The van der Waals surface area contributed by atoms with Crippen molar-refractivity contribution in [1.29, 1.82) is 0 Å². The van der Waals surface area contributed by atoms with E-state index in [1.807, 2.05) is 12.1 Å². The molecule has 6 aliphatic rings. The lowest BCUT2D eigenvalue weighted by Gasteiger charge is -2.34. The summed E-state index contributed by atoms with van der Waals surface area (Å²) in [6.45, 7) is 0. The Balaban J connectivity index is 0.881. The van der Waals surface area contributed by atoms with Crippen LogP contribution in [-0.4, -0.2) is 6.10 Å². The smallest absolute Gasteiger partial charge is 0.194 e. The predicted octanol–water partition coefficient (Wildman–Crippen LogP) is 15.7. The molecule has 4 aliphatic carbocycles. The SMILES string of the molecule is C1=CC2=C(CC1)C1(c3ccccc32)c2ccccc2-c2c1ccc1c2Oc2cccc(N(c3ccc(C4=CC5c6ccccc6OC5C=C4)cc3)c3ccc(-c4ccccc4)cc3)c2O1. The first-order valence-corrected chi connectivity index (χ1v) is 22.7. The lowest BCUT2D eigenvalue weighted by atomic mass is 9.68. The van der Waals surface area contributed by atoms with Gasteiger partial charge in [-0.2, -0.15) is 0 Å². The van der Waals surface area contributed by atoms with Crippen molar-refractivity contribution in [2.75, 3.05) is 4.90 Å². The second-order valence-electron chi connectivity index (χ2n) is 17.7. The molecule has 0 aromatic heterocycles. The summed E-state index contributed by atoms with van der Waals surface area (Å²) in [5, 5.41) is 0. The third-order valence-electron chi connectivity index (χ3n) is 14.4. The minimum Gasteiger partial charge on any atom is -0.485 e. The van der Waals surface area contributed by atoms with Crippen molar-refractivity contribution in [3.63, 3.8) is 0 Å². The Hall–Kier alpha value is -8.08. The Morgan fingerprint density at radius 3 is 2.00 bits per heavy atom. The normalized spacial score (nSPS) is 19.6. The molecule has 0 saturated heterocycles. The average molecular weight is 836 g/mol. The Bertz CT molecular complexity index is 3410. The summed E-state index contributed by atoms with van der Waals surface area (Å²) in [6, 6.07) is 65.2. The third kappa shape index (κ3) is 5.25. The van der Waals surface area contributed by atoms with E-state index in [0.29, 0.717) is 17.2 Å². The van der Waals surface area contributed by atoms with Crippen molar-refractivity contribution >= 4 is 28.2 Å². The largest absolute Gasteiger partial charge is 0.485 e. The number of nitrogens with zero attached hydrogens (tertiary/aromatic N) is 1. The summed E-state index contributed by atoms with van der Waals surface area (Å²) in [6.07, 6.45) is 13.5. The molecule has 3 unspecified atom stereocenters. The zero-order valence-electron chi connectivity index (χ0n) is 35.4. The molecule has 8 aromatic carbocycles. The topological polar surface area (TPSA) is 30.9 Å². The van der Waals surface area contributed by atoms with Gasteiger partial charge in [-0.05, 0) is 129 Å². The van der Waals surface area contributed by atoms with Gasteiger partial charge in [0.2, 0.25) is 0 Å². The fraction of sp³-hybridized carbons (Fsp3) is 0.0820. The van der Waals surface area contributed by atoms with Gasteiger partial charge in [0.1, 0.15) is 11.9 Å². The van der Waals surface area contributed by atoms with E-state index in [2.05, 4.69) is 205 Å². The fourth-order valence-electron chi connectivity index (χ4n) is 11.6. The monoisotopic (exact) mass is 835 g/mol. The van der Waals surface area contributed by atoms with Crippen LogP contribution in [0.5, 0.6) is 28.7 Å². The first-order valence-electron chi connectivity index (χ1n) is 22.7. The van der Waals surface area contributed by atoms with E-state index in [9.17, 15) is 0 Å². The number of hydrogen-bond donors (Lipinski definition) is 0. The number of fused-ring (bicyclic) bond motifs is 15. The molecule has 0 saturated carbocycles. The second kappa shape index (κ2) is 14.0. The molecule has 2 heterocycles. The van der Waals surface area contributed by atoms with Crippen molar-refractivity contribution in [3.8, 4) is 51.0 Å². The number of allylic oxidation sites excluding steroid dienone is 6. The molecule has 0 N–H and O–H groups in total. The van der Waals surface area contributed by atoms with E-state index in [4.69, 9.17) is 14.2 Å². The van der Waals surface area contributed by atoms with Crippen LogP contribution >= 0.6 is 0 Å². The molecule has 3 atom stereocenters. The van der Waals surface area contributed by atoms with Crippen molar-refractivity contribution < 1.29 is 14.2 Å². The van der Waals surface area contributed by atoms with E-state index >= 15 is 0 Å². The molecule has 14 rings (SSSR count). The molecule has 4 nitrogen and oxygen atoms in total. The van der Waals surface area contributed by atoms with Crippen LogP contribution < -0.4 is 19.1 Å². The minimum atomic E-state index is -0.390. The molecule has 4 heteroatoms. The van der Waals surface area contributed by atoms with E-state index in [-0.39, 0.29) is 12.0 Å². The standard InChI is InChI=1S/C61H41NO3/c1-2-13-38(14-3-1)39-25-30-42(31-26-39)62(43-32-27-40(28-33-43)41-29-35-55-48(37-41)46-17-7-11-23-54(46)63-55)53-22-12-24-56-59(53)64-57-36-34-52-58(60(57)65-56)47-18-6-10-21-51(47)61(52)49-19-8-4-15-44(49)45-16-5-9-20-50(45)61/h1-8,10-19,21-37,48,55H,9,20H2. The van der Waals surface area contributed by atoms with Gasteiger partial charge < -0.3 is 19.1 Å². The van der Waals surface area contributed by atoms with E-state index in [0.717, 1.165) is 58.1 Å². The van der Waals surface area contributed by atoms with Crippen LogP contribution in [0, 0.1) is 0 Å². The van der Waals surface area contributed by atoms with Gasteiger partial charge in [-0.25, -0.2) is 0 Å².